The molecule has 0 saturated heterocycles. The van der Waals surface area contributed by atoms with Gasteiger partial charge in [0, 0.05) is 22.4 Å². The molecule has 0 aliphatic rings. The normalized spacial score (nSPS) is 12.5. The summed E-state index contributed by atoms with van der Waals surface area (Å²) in [6.45, 7) is 5.43. The molecule has 0 fully saturated rings. The van der Waals surface area contributed by atoms with Crippen LogP contribution in [-0.2, 0) is 0 Å². The van der Waals surface area contributed by atoms with Crippen molar-refractivity contribution >= 4 is 27.3 Å². The number of rotatable bonds is 4. The van der Waals surface area contributed by atoms with Gasteiger partial charge in [-0.25, -0.2) is 0 Å². The van der Waals surface area contributed by atoms with E-state index in [0.717, 1.165) is 22.4 Å². The van der Waals surface area contributed by atoms with Crippen LogP contribution < -0.4 is 11.1 Å². The smallest absolute Gasteiger partial charge is 0.0486 e. The Morgan fingerprint density at radius 3 is 2.79 bits per heavy atom. The minimum absolute atomic E-state index is 0.694. The van der Waals surface area contributed by atoms with Crippen LogP contribution in [0, 0.1) is 5.92 Å². The highest BCUT2D eigenvalue weighted by molar-refractivity contribution is 9.10. The van der Waals surface area contributed by atoms with E-state index >= 15 is 0 Å². The number of nitrogens with one attached hydrogen (secondary N) is 1. The zero-order valence-electron chi connectivity index (χ0n) is 8.68. The van der Waals surface area contributed by atoms with E-state index in [0.29, 0.717) is 5.92 Å². The molecule has 1 aromatic carbocycles. The summed E-state index contributed by atoms with van der Waals surface area (Å²) >= 11 is 3.48. The molecule has 0 spiro atoms. The standard InChI is InChI=1S/C11H17BrN2/c1-3-8(2)7-14-11-5-4-9(13)6-10(11)12/h4-6,8,14H,3,7,13H2,1-2H3. The molecule has 78 valence electrons. The molecule has 0 aliphatic carbocycles. The topological polar surface area (TPSA) is 38.0 Å². The number of nitrogen functional groups attached to an aromatic ring is 1. The van der Waals surface area contributed by atoms with E-state index < -0.39 is 0 Å². The summed E-state index contributed by atoms with van der Waals surface area (Å²) in [6, 6.07) is 5.82. The molecular weight excluding hydrogens is 240 g/mol. The van der Waals surface area contributed by atoms with E-state index in [-0.39, 0.29) is 0 Å². The lowest BCUT2D eigenvalue weighted by atomic mass is 10.1. The summed E-state index contributed by atoms with van der Waals surface area (Å²) in [5.41, 5.74) is 7.55. The summed E-state index contributed by atoms with van der Waals surface area (Å²) in [5, 5.41) is 3.39. The second-order valence-electron chi connectivity index (χ2n) is 3.63. The van der Waals surface area contributed by atoms with E-state index in [1.54, 1.807) is 0 Å². The number of anilines is 2. The van der Waals surface area contributed by atoms with Gasteiger partial charge >= 0.3 is 0 Å². The van der Waals surface area contributed by atoms with E-state index in [2.05, 4.69) is 35.1 Å². The van der Waals surface area contributed by atoms with Crippen molar-refractivity contribution in [3.05, 3.63) is 22.7 Å². The second kappa shape index (κ2) is 5.25. The molecule has 1 aromatic rings. The zero-order chi connectivity index (χ0) is 10.6. The van der Waals surface area contributed by atoms with Crippen molar-refractivity contribution in [2.24, 2.45) is 5.92 Å². The third-order valence-electron chi connectivity index (χ3n) is 2.33. The van der Waals surface area contributed by atoms with Crippen molar-refractivity contribution in [1.82, 2.24) is 0 Å². The fourth-order valence-electron chi connectivity index (χ4n) is 1.10. The predicted octanol–water partition coefficient (Wildman–Crippen LogP) is 3.49. The Morgan fingerprint density at radius 1 is 1.50 bits per heavy atom. The minimum atomic E-state index is 0.694. The molecule has 14 heavy (non-hydrogen) atoms. The van der Waals surface area contributed by atoms with Gasteiger partial charge in [0.1, 0.15) is 0 Å². The average molecular weight is 257 g/mol. The monoisotopic (exact) mass is 256 g/mol. The van der Waals surface area contributed by atoms with Gasteiger partial charge in [-0.05, 0) is 40.0 Å². The van der Waals surface area contributed by atoms with Crippen molar-refractivity contribution in [1.29, 1.82) is 0 Å². The van der Waals surface area contributed by atoms with Crippen LogP contribution in [0.15, 0.2) is 22.7 Å². The third kappa shape index (κ3) is 3.22. The van der Waals surface area contributed by atoms with Crippen molar-refractivity contribution in [2.75, 3.05) is 17.6 Å². The Kier molecular flexibility index (Phi) is 4.26. The van der Waals surface area contributed by atoms with Crippen molar-refractivity contribution in [2.45, 2.75) is 20.3 Å². The quantitative estimate of drug-likeness (QED) is 0.810. The van der Waals surface area contributed by atoms with E-state index in [9.17, 15) is 0 Å². The number of nitrogens with two attached hydrogens (primary N) is 1. The summed E-state index contributed by atoms with van der Waals surface area (Å²) in [6.07, 6.45) is 1.19. The summed E-state index contributed by atoms with van der Waals surface area (Å²) in [5.74, 6) is 0.694. The molecule has 0 amide bonds. The van der Waals surface area contributed by atoms with Crippen molar-refractivity contribution in [3.63, 3.8) is 0 Å². The first-order valence-electron chi connectivity index (χ1n) is 4.92. The van der Waals surface area contributed by atoms with Gasteiger partial charge in [-0.3, -0.25) is 0 Å². The van der Waals surface area contributed by atoms with E-state index in [4.69, 9.17) is 5.73 Å². The number of hydrogen-bond donors (Lipinski definition) is 2. The van der Waals surface area contributed by atoms with Gasteiger partial charge in [0.25, 0.3) is 0 Å². The van der Waals surface area contributed by atoms with Gasteiger partial charge in [0.05, 0.1) is 0 Å². The van der Waals surface area contributed by atoms with Crippen LogP contribution in [-0.4, -0.2) is 6.54 Å². The first-order chi connectivity index (χ1) is 6.63. The molecule has 0 heterocycles. The van der Waals surface area contributed by atoms with Crippen LogP contribution in [0.5, 0.6) is 0 Å². The molecule has 1 rings (SSSR count). The Bertz CT molecular complexity index is 299. The lowest BCUT2D eigenvalue weighted by molar-refractivity contribution is 0.593. The number of hydrogen-bond acceptors (Lipinski definition) is 2. The first-order valence-corrected chi connectivity index (χ1v) is 5.71. The van der Waals surface area contributed by atoms with Crippen LogP contribution >= 0.6 is 15.9 Å². The largest absolute Gasteiger partial charge is 0.399 e. The van der Waals surface area contributed by atoms with Crippen molar-refractivity contribution < 1.29 is 0 Å². The molecule has 1 atom stereocenters. The highest BCUT2D eigenvalue weighted by atomic mass is 79.9. The molecular formula is C11H17BrN2. The van der Waals surface area contributed by atoms with Crippen molar-refractivity contribution in [3.8, 4) is 0 Å². The fraction of sp³-hybridized carbons (Fsp3) is 0.455. The molecule has 0 bridgehead atoms. The van der Waals surface area contributed by atoms with Crippen LogP contribution in [0.1, 0.15) is 20.3 Å². The van der Waals surface area contributed by atoms with Gasteiger partial charge in [-0.15, -0.1) is 0 Å². The molecule has 3 N–H and O–H groups in total. The highest BCUT2D eigenvalue weighted by Crippen LogP contribution is 2.24. The summed E-state index contributed by atoms with van der Waals surface area (Å²) in [4.78, 5) is 0. The maximum atomic E-state index is 5.65. The van der Waals surface area contributed by atoms with E-state index in [1.165, 1.54) is 6.42 Å². The van der Waals surface area contributed by atoms with Crippen LogP contribution in [0.4, 0.5) is 11.4 Å². The molecule has 0 aromatic heterocycles. The number of benzene rings is 1. The molecule has 1 unspecified atom stereocenters. The SMILES string of the molecule is CCC(C)CNc1ccc(N)cc1Br. The maximum Gasteiger partial charge on any atom is 0.0486 e. The molecule has 0 radical (unpaired) electrons. The Balaban J connectivity index is 2.59. The summed E-state index contributed by atoms with van der Waals surface area (Å²) in [7, 11) is 0. The third-order valence-corrected chi connectivity index (χ3v) is 2.99. The Labute approximate surface area is 94.0 Å². The molecule has 0 saturated carbocycles. The molecule has 0 aliphatic heterocycles. The van der Waals surface area contributed by atoms with Crippen LogP contribution in [0.2, 0.25) is 0 Å². The van der Waals surface area contributed by atoms with Gasteiger partial charge in [-0.1, -0.05) is 20.3 Å². The van der Waals surface area contributed by atoms with Gasteiger partial charge < -0.3 is 11.1 Å². The highest BCUT2D eigenvalue weighted by Gasteiger charge is 2.02. The summed E-state index contributed by atoms with van der Waals surface area (Å²) < 4.78 is 1.03. The lowest BCUT2D eigenvalue weighted by Gasteiger charge is -2.12. The Morgan fingerprint density at radius 2 is 2.21 bits per heavy atom. The zero-order valence-corrected chi connectivity index (χ0v) is 10.3. The first kappa shape index (κ1) is 11.4. The second-order valence-corrected chi connectivity index (χ2v) is 4.49. The predicted molar refractivity (Wildman–Crippen MR) is 66.5 cm³/mol. The van der Waals surface area contributed by atoms with Gasteiger partial charge in [0.15, 0.2) is 0 Å². The Hall–Kier alpha value is -0.700. The van der Waals surface area contributed by atoms with Gasteiger partial charge in [-0.2, -0.15) is 0 Å². The van der Waals surface area contributed by atoms with Crippen LogP contribution in [0.25, 0.3) is 0 Å². The maximum absolute atomic E-state index is 5.65. The van der Waals surface area contributed by atoms with Gasteiger partial charge in [0.2, 0.25) is 0 Å². The average Bonchev–Trinajstić information content (AvgIpc) is 2.16. The number of halogens is 1. The molecule has 2 nitrogen and oxygen atoms in total. The van der Waals surface area contributed by atoms with E-state index in [1.807, 2.05) is 18.2 Å². The molecule has 3 heteroatoms. The minimum Gasteiger partial charge on any atom is -0.399 e. The fourth-order valence-corrected chi connectivity index (χ4v) is 1.64. The van der Waals surface area contributed by atoms with Crippen LogP contribution in [0.3, 0.4) is 0 Å². The lowest BCUT2D eigenvalue weighted by Crippen LogP contribution is -2.10.